The van der Waals surface area contributed by atoms with Gasteiger partial charge in [0.15, 0.2) is 0 Å². The highest BCUT2D eigenvalue weighted by atomic mass is 16.5. The Kier molecular flexibility index (Phi) is 6.50. The summed E-state index contributed by atoms with van der Waals surface area (Å²) in [5.74, 6) is 0.794. The standard InChI is InChI=1S/C22H29NO4/c1-15(2)27-18-10-6-9-17(11-18)13-23-19(12-16-7-4-3-5-8-16)21(25)22(26)20(23)14-24/h3-11,15,19-22,24-26H,12-14H2,1-2H3/t19-,20+,21-,22+/m0/s1. The smallest absolute Gasteiger partial charge is 0.120 e. The Balaban J connectivity index is 1.82. The van der Waals surface area contributed by atoms with Crippen molar-refractivity contribution in [1.29, 1.82) is 0 Å². The summed E-state index contributed by atoms with van der Waals surface area (Å²) < 4.78 is 5.77. The van der Waals surface area contributed by atoms with Crippen molar-refractivity contribution in [3.8, 4) is 5.75 Å². The third-order valence-corrected chi connectivity index (χ3v) is 5.10. The van der Waals surface area contributed by atoms with E-state index in [0.717, 1.165) is 16.9 Å². The summed E-state index contributed by atoms with van der Waals surface area (Å²) in [7, 11) is 0. The monoisotopic (exact) mass is 371 g/mol. The molecule has 3 N–H and O–H groups in total. The number of hydrogen-bond acceptors (Lipinski definition) is 5. The third kappa shape index (κ3) is 4.68. The molecule has 146 valence electrons. The molecule has 5 heteroatoms. The van der Waals surface area contributed by atoms with Gasteiger partial charge in [0, 0.05) is 12.6 Å². The summed E-state index contributed by atoms with van der Waals surface area (Å²) in [5.41, 5.74) is 2.11. The molecular formula is C22H29NO4. The lowest BCUT2D eigenvalue weighted by Crippen LogP contribution is -2.41. The van der Waals surface area contributed by atoms with E-state index in [1.165, 1.54) is 0 Å². The lowest BCUT2D eigenvalue weighted by Gasteiger charge is -2.30. The molecule has 1 heterocycles. The van der Waals surface area contributed by atoms with Gasteiger partial charge in [-0.05, 0) is 43.5 Å². The van der Waals surface area contributed by atoms with Crippen molar-refractivity contribution in [3.05, 3.63) is 65.7 Å². The molecule has 1 saturated heterocycles. The summed E-state index contributed by atoms with van der Waals surface area (Å²) >= 11 is 0. The molecule has 0 unspecified atom stereocenters. The number of nitrogens with zero attached hydrogens (tertiary/aromatic N) is 1. The lowest BCUT2D eigenvalue weighted by atomic mass is 10.0. The van der Waals surface area contributed by atoms with Crippen LogP contribution in [0.3, 0.4) is 0 Å². The van der Waals surface area contributed by atoms with Gasteiger partial charge in [0.25, 0.3) is 0 Å². The molecule has 0 spiro atoms. The Hall–Kier alpha value is -1.92. The summed E-state index contributed by atoms with van der Waals surface area (Å²) in [4.78, 5) is 2.01. The van der Waals surface area contributed by atoms with Crippen LogP contribution in [0.1, 0.15) is 25.0 Å². The van der Waals surface area contributed by atoms with Gasteiger partial charge in [0.2, 0.25) is 0 Å². The van der Waals surface area contributed by atoms with Crippen molar-refractivity contribution in [1.82, 2.24) is 4.90 Å². The minimum absolute atomic E-state index is 0.0895. The average Bonchev–Trinajstić information content (AvgIpc) is 2.86. The molecule has 0 saturated carbocycles. The van der Waals surface area contributed by atoms with Crippen LogP contribution in [0.4, 0.5) is 0 Å². The van der Waals surface area contributed by atoms with Crippen LogP contribution in [-0.2, 0) is 13.0 Å². The van der Waals surface area contributed by atoms with Gasteiger partial charge < -0.3 is 20.1 Å². The van der Waals surface area contributed by atoms with E-state index in [0.29, 0.717) is 13.0 Å². The molecule has 27 heavy (non-hydrogen) atoms. The van der Waals surface area contributed by atoms with Crippen molar-refractivity contribution in [2.75, 3.05) is 6.61 Å². The predicted octanol–water partition coefficient (Wildman–Crippen LogP) is 1.98. The van der Waals surface area contributed by atoms with Crippen LogP contribution >= 0.6 is 0 Å². The van der Waals surface area contributed by atoms with Gasteiger partial charge in [-0.1, -0.05) is 42.5 Å². The fourth-order valence-corrected chi connectivity index (χ4v) is 3.83. The summed E-state index contributed by atoms with van der Waals surface area (Å²) in [6, 6.07) is 17.0. The van der Waals surface area contributed by atoms with Crippen molar-refractivity contribution in [2.45, 2.75) is 57.2 Å². The SMILES string of the molecule is CC(C)Oc1cccc(CN2[C@H](CO)[C@@H](O)[C@@H](O)[C@@H]2Cc2ccccc2)c1. The normalized spacial score (nSPS) is 25.9. The van der Waals surface area contributed by atoms with Crippen LogP contribution in [0.5, 0.6) is 5.75 Å². The predicted molar refractivity (Wildman–Crippen MR) is 105 cm³/mol. The van der Waals surface area contributed by atoms with Gasteiger partial charge in [-0.3, -0.25) is 4.90 Å². The second-order valence-corrected chi connectivity index (χ2v) is 7.47. The number of ether oxygens (including phenoxy) is 1. The first-order valence-corrected chi connectivity index (χ1v) is 9.52. The maximum absolute atomic E-state index is 10.6. The van der Waals surface area contributed by atoms with E-state index in [-0.39, 0.29) is 18.8 Å². The molecule has 2 aromatic rings. The van der Waals surface area contributed by atoms with Crippen LogP contribution < -0.4 is 4.74 Å². The van der Waals surface area contributed by atoms with Crippen molar-refractivity contribution >= 4 is 0 Å². The van der Waals surface area contributed by atoms with Crippen molar-refractivity contribution < 1.29 is 20.1 Å². The molecule has 1 aliphatic heterocycles. The Morgan fingerprint density at radius 2 is 1.59 bits per heavy atom. The Labute approximate surface area is 160 Å². The zero-order chi connectivity index (χ0) is 19.4. The molecule has 0 radical (unpaired) electrons. The number of hydrogen-bond donors (Lipinski definition) is 3. The molecule has 0 aromatic heterocycles. The first-order chi connectivity index (χ1) is 13.0. The minimum Gasteiger partial charge on any atom is -0.491 e. The maximum atomic E-state index is 10.6. The van der Waals surface area contributed by atoms with E-state index in [4.69, 9.17) is 4.74 Å². The van der Waals surface area contributed by atoms with Gasteiger partial charge in [0.1, 0.15) is 5.75 Å². The summed E-state index contributed by atoms with van der Waals surface area (Å²) in [6.45, 7) is 4.28. The number of benzene rings is 2. The van der Waals surface area contributed by atoms with Gasteiger partial charge in [-0.2, -0.15) is 0 Å². The molecule has 0 aliphatic carbocycles. The topological polar surface area (TPSA) is 73.2 Å². The highest BCUT2D eigenvalue weighted by Crippen LogP contribution is 2.30. The molecule has 3 rings (SSSR count). The molecule has 1 aliphatic rings. The fourth-order valence-electron chi connectivity index (χ4n) is 3.83. The number of rotatable bonds is 7. The molecule has 4 atom stereocenters. The quantitative estimate of drug-likeness (QED) is 0.694. The summed E-state index contributed by atoms with van der Waals surface area (Å²) in [6.07, 6.45) is -1.18. The van der Waals surface area contributed by atoms with E-state index in [1.807, 2.05) is 73.3 Å². The third-order valence-electron chi connectivity index (χ3n) is 5.10. The van der Waals surface area contributed by atoms with E-state index >= 15 is 0 Å². The molecule has 1 fully saturated rings. The summed E-state index contributed by atoms with van der Waals surface area (Å²) in [5, 5.41) is 30.9. The Morgan fingerprint density at radius 3 is 2.26 bits per heavy atom. The largest absolute Gasteiger partial charge is 0.491 e. The van der Waals surface area contributed by atoms with Gasteiger partial charge in [0.05, 0.1) is 31.0 Å². The van der Waals surface area contributed by atoms with E-state index in [2.05, 4.69) is 0 Å². The zero-order valence-electron chi connectivity index (χ0n) is 15.9. The number of likely N-dealkylation sites (tertiary alicyclic amines) is 1. The second kappa shape index (κ2) is 8.85. The van der Waals surface area contributed by atoms with E-state index in [1.54, 1.807) is 0 Å². The highest BCUT2D eigenvalue weighted by Gasteiger charge is 2.46. The first kappa shape index (κ1) is 19.8. The van der Waals surface area contributed by atoms with Crippen LogP contribution in [0.25, 0.3) is 0 Å². The van der Waals surface area contributed by atoms with Gasteiger partial charge in [-0.15, -0.1) is 0 Å². The molecule has 5 nitrogen and oxygen atoms in total. The van der Waals surface area contributed by atoms with Crippen LogP contribution in [0.15, 0.2) is 54.6 Å². The average molecular weight is 371 g/mol. The molecule has 0 bridgehead atoms. The zero-order valence-corrected chi connectivity index (χ0v) is 15.9. The minimum atomic E-state index is -0.973. The van der Waals surface area contributed by atoms with Crippen molar-refractivity contribution in [2.24, 2.45) is 0 Å². The maximum Gasteiger partial charge on any atom is 0.120 e. The first-order valence-electron chi connectivity index (χ1n) is 9.52. The second-order valence-electron chi connectivity index (χ2n) is 7.47. The van der Waals surface area contributed by atoms with Crippen molar-refractivity contribution in [3.63, 3.8) is 0 Å². The Morgan fingerprint density at radius 1 is 0.926 bits per heavy atom. The highest BCUT2D eigenvalue weighted by molar-refractivity contribution is 5.29. The van der Waals surface area contributed by atoms with E-state index < -0.39 is 18.2 Å². The lowest BCUT2D eigenvalue weighted by molar-refractivity contribution is 0.0178. The molecule has 2 aromatic carbocycles. The van der Waals surface area contributed by atoms with Crippen LogP contribution in [-0.4, -0.2) is 57.2 Å². The molecular weight excluding hydrogens is 342 g/mol. The van der Waals surface area contributed by atoms with Gasteiger partial charge >= 0.3 is 0 Å². The van der Waals surface area contributed by atoms with E-state index in [9.17, 15) is 15.3 Å². The Bertz CT molecular complexity index is 721. The van der Waals surface area contributed by atoms with Crippen LogP contribution in [0.2, 0.25) is 0 Å². The van der Waals surface area contributed by atoms with Gasteiger partial charge in [-0.25, -0.2) is 0 Å². The number of aliphatic hydroxyl groups excluding tert-OH is 3. The van der Waals surface area contributed by atoms with Crippen LogP contribution in [0, 0.1) is 0 Å². The fraction of sp³-hybridized carbons (Fsp3) is 0.455. The number of aliphatic hydroxyl groups is 3. The molecule has 0 amide bonds.